The van der Waals surface area contributed by atoms with Crippen LogP contribution < -0.4 is 4.74 Å². The van der Waals surface area contributed by atoms with Crippen LogP contribution in [0.2, 0.25) is 0 Å². The first-order valence-corrected chi connectivity index (χ1v) is 3.90. The standard InChI is InChI=1S/C9H10N2O2/c1-11-5-10-6-3-9(13-2)8(12)4-7(6)11/h3-5,12H,1-2H3. The van der Waals surface area contributed by atoms with Gasteiger partial charge in [-0.25, -0.2) is 4.98 Å². The summed E-state index contributed by atoms with van der Waals surface area (Å²) < 4.78 is 6.80. The zero-order valence-electron chi connectivity index (χ0n) is 7.48. The first kappa shape index (κ1) is 7.91. The highest BCUT2D eigenvalue weighted by atomic mass is 16.5. The van der Waals surface area contributed by atoms with Crippen LogP contribution in [0.1, 0.15) is 0 Å². The smallest absolute Gasteiger partial charge is 0.162 e. The third kappa shape index (κ3) is 1.11. The number of phenolic OH excluding ortho intramolecular Hbond substituents is 1. The number of aromatic nitrogens is 2. The Morgan fingerprint density at radius 3 is 2.92 bits per heavy atom. The lowest BCUT2D eigenvalue weighted by molar-refractivity contribution is 0.374. The molecule has 0 radical (unpaired) electrons. The van der Waals surface area contributed by atoms with Crippen LogP contribution >= 0.6 is 0 Å². The van der Waals surface area contributed by atoms with Gasteiger partial charge in [0.25, 0.3) is 0 Å². The van der Waals surface area contributed by atoms with Gasteiger partial charge in [0.1, 0.15) is 0 Å². The number of hydrogen-bond acceptors (Lipinski definition) is 3. The highest BCUT2D eigenvalue weighted by molar-refractivity contribution is 5.79. The summed E-state index contributed by atoms with van der Waals surface area (Å²) in [5.74, 6) is 0.588. The van der Waals surface area contributed by atoms with Crippen LogP contribution in [-0.4, -0.2) is 21.8 Å². The van der Waals surface area contributed by atoms with Gasteiger partial charge < -0.3 is 14.4 Å². The average molecular weight is 178 g/mol. The number of aryl methyl sites for hydroxylation is 1. The van der Waals surface area contributed by atoms with Crippen molar-refractivity contribution in [3.63, 3.8) is 0 Å². The summed E-state index contributed by atoms with van der Waals surface area (Å²) in [7, 11) is 3.39. The van der Waals surface area contributed by atoms with E-state index < -0.39 is 0 Å². The predicted molar refractivity (Wildman–Crippen MR) is 48.9 cm³/mol. The third-order valence-corrected chi connectivity index (χ3v) is 2.03. The van der Waals surface area contributed by atoms with Crippen LogP contribution in [0.25, 0.3) is 11.0 Å². The van der Waals surface area contributed by atoms with Crippen LogP contribution in [0.5, 0.6) is 11.5 Å². The van der Waals surface area contributed by atoms with Crippen molar-refractivity contribution in [1.82, 2.24) is 9.55 Å². The molecule has 0 aliphatic carbocycles. The number of methoxy groups -OCH3 is 1. The van der Waals surface area contributed by atoms with Gasteiger partial charge >= 0.3 is 0 Å². The van der Waals surface area contributed by atoms with E-state index in [1.54, 1.807) is 18.5 Å². The number of fused-ring (bicyclic) bond motifs is 1. The Morgan fingerprint density at radius 2 is 2.23 bits per heavy atom. The quantitative estimate of drug-likeness (QED) is 0.715. The molecule has 0 saturated heterocycles. The molecule has 4 nitrogen and oxygen atoms in total. The van der Waals surface area contributed by atoms with Crippen LogP contribution in [0.4, 0.5) is 0 Å². The largest absolute Gasteiger partial charge is 0.504 e. The van der Waals surface area contributed by atoms with E-state index in [9.17, 15) is 5.11 Å². The molecule has 13 heavy (non-hydrogen) atoms. The molecular formula is C9H10N2O2. The fourth-order valence-electron chi connectivity index (χ4n) is 1.31. The van der Waals surface area contributed by atoms with Crippen molar-refractivity contribution < 1.29 is 9.84 Å². The van der Waals surface area contributed by atoms with Gasteiger partial charge in [0.2, 0.25) is 0 Å². The van der Waals surface area contributed by atoms with Crippen molar-refractivity contribution in [2.45, 2.75) is 0 Å². The number of phenols is 1. The summed E-state index contributed by atoms with van der Waals surface area (Å²) in [6, 6.07) is 3.35. The maximum atomic E-state index is 9.49. The number of benzene rings is 1. The topological polar surface area (TPSA) is 47.3 Å². The minimum Gasteiger partial charge on any atom is -0.504 e. The van der Waals surface area contributed by atoms with E-state index in [0.29, 0.717) is 5.75 Å². The van der Waals surface area contributed by atoms with Gasteiger partial charge in [-0.05, 0) is 0 Å². The molecule has 2 rings (SSSR count). The second kappa shape index (κ2) is 2.65. The molecule has 1 heterocycles. The summed E-state index contributed by atoms with van der Waals surface area (Å²) in [5, 5.41) is 9.49. The molecular weight excluding hydrogens is 168 g/mol. The van der Waals surface area contributed by atoms with Crippen molar-refractivity contribution in [2.24, 2.45) is 7.05 Å². The Labute approximate surface area is 75.4 Å². The molecule has 4 heteroatoms. The van der Waals surface area contributed by atoms with Crippen LogP contribution in [0, 0.1) is 0 Å². The molecule has 0 unspecified atom stereocenters. The lowest BCUT2D eigenvalue weighted by atomic mass is 10.3. The minimum atomic E-state index is 0.138. The molecule has 2 aromatic rings. The van der Waals surface area contributed by atoms with Gasteiger partial charge in [0, 0.05) is 19.2 Å². The summed E-state index contributed by atoms with van der Waals surface area (Å²) in [6.07, 6.45) is 1.70. The van der Waals surface area contributed by atoms with Gasteiger partial charge in [-0.1, -0.05) is 0 Å². The van der Waals surface area contributed by atoms with Gasteiger partial charge in [-0.2, -0.15) is 0 Å². The van der Waals surface area contributed by atoms with Crippen molar-refractivity contribution in [3.8, 4) is 11.5 Å². The SMILES string of the molecule is COc1cc2ncn(C)c2cc1O. The number of nitrogens with zero attached hydrogens (tertiary/aromatic N) is 2. The molecule has 0 fully saturated rings. The lowest BCUT2D eigenvalue weighted by Crippen LogP contribution is -1.86. The van der Waals surface area contributed by atoms with E-state index in [1.165, 1.54) is 7.11 Å². The van der Waals surface area contributed by atoms with Crippen LogP contribution in [0.3, 0.4) is 0 Å². The normalized spacial score (nSPS) is 10.6. The van der Waals surface area contributed by atoms with Gasteiger partial charge in [-0.3, -0.25) is 0 Å². The van der Waals surface area contributed by atoms with Gasteiger partial charge in [0.05, 0.1) is 24.5 Å². The maximum absolute atomic E-state index is 9.49. The molecule has 68 valence electrons. The van der Waals surface area contributed by atoms with Crippen molar-refractivity contribution in [3.05, 3.63) is 18.5 Å². The highest BCUT2D eigenvalue weighted by Gasteiger charge is 2.06. The van der Waals surface area contributed by atoms with Gasteiger partial charge in [-0.15, -0.1) is 0 Å². The summed E-state index contributed by atoms with van der Waals surface area (Å²) in [4.78, 5) is 4.14. The second-order valence-corrected chi connectivity index (χ2v) is 2.87. The zero-order chi connectivity index (χ0) is 9.42. The number of imidazole rings is 1. The molecule has 0 saturated carbocycles. The second-order valence-electron chi connectivity index (χ2n) is 2.87. The summed E-state index contributed by atoms with van der Waals surface area (Å²) in [5.41, 5.74) is 1.70. The predicted octanol–water partition coefficient (Wildman–Crippen LogP) is 1.29. The highest BCUT2D eigenvalue weighted by Crippen LogP contribution is 2.29. The van der Waals surface area contributed by atoms with E-state index >= 15 is 0 Å². The van der Waals surface area contributed by atoms with E-state index in [4.69, 9.17) is 4.74 Å². The molecule has 0 atom stereocenters. The average Bonchev–Trinajstić information content (AvgIpc) is 2.47. The van der Waals surface area contributed by atoms with E-state index in [2.05, 4.69) is 4.98 Å². The first-order valence-electron chi connectivity index (χ1n) is 3.90. The molecule has 0 spiro atoms. The first-order chi connectivity index (χ1) is 6.22. The summed E-state index contributed by atoms with van der Waals surface area (Å²) >= 11 is 0. The molecule has 0 bridgehead atoms. The van der Waals surface area contributed by atoms with Gasteiger partial charge in [0.15, 0.2) is 11.5 Å². The Kier molecular flexibility index (Phi) is 1.62. The third-order valence-electron chi connectivity index (χ3n) is 2.03. The molecule has 1 N–H and O–H groups in total. The molecule has 0 aliphatic heterocycles. The monoisotopic (exact) mass is 178 g/mol. The Bertz CT molecular complexity index is 448. The Hall–Kier alpha value is -1.71. The summed E-state index contributed by atoms with van der Waals surface area (Å²) in [6.45, 7) is 0. The molecule has 0 aliphatic rings. The van der Waals surface area contributed by atoms with Crippen molar-refractivity contribution >= 4 is 11.0 Å². The molecule has 0 amide bonds. The van der Waals surface area contributed by atoms with E-state index in [-0.39, 0.29) is 5.75 Å². The minimum absolute atomic E-state index is 0.138. The fourth-order valence-corrected chi connectivity index (χ4v) is 1.31. The Morgan fingerprint density at radius 1 is 1.46 bits per heavy atom. The van der Waals surface area contributed by atoms with Crippen LogP contribution in [0.15, 0.2) is 18.5 Å². The number of rotatable bonds is 1. The van der Waals surface area contributed by atoms with E-state index in [1.807, 2.05) is 11.6 Å². The fraction of sp³-hybridized carbons (Fsp3) is 0.222. The molecule has 1 aromatic carbocycles. The maximum Gasteiger partial charge on any atom is 0.162 e. The lowest BCUT2D eigenvalue weighted by Gasteiger charge is -2.02. The molecule has 1 aromatic heterocycles. The number of ether oxygens (including phenoxy) is 1. The van der Waals surface area contributed by atoms with Crippen LogP contribution in [-0.2, 0) is 7.05 Å². The number of aromatic hydroxyl groups is 1. The van der Waals surface area contributed by atoms with Crippen molar-refractivity contribution in [1.29, 1.82) is 0 Å². The Balaban J connectivity index is 2.76. The number of hydrogen-bond donors (Lipinski definition) is 1. The van der Waals surface area contributed by atoms with Crippen molar-refractivity contribution in [2.75, 3.05) is 7.11 Å². The zero-order valence-corrected chi connectivity index (χ0v) is 7.48. The van der Waals surface area contributed by atoms with E-state index in [0.717, 1.165) is 11.0 Å².